The van der Waals surface area contributed by atoms with E-state index in [0.717, 1.165) is 5.56 Å². The van der Waals surface area contributed by atoms with E-state index in [0.29, 0.717) is 0 Å². The van der Waals surface area contributed by atoms with Gasteiger partial charge in [-0.2, -0.15) is 0 Å². The Hall–Kier alpha value is -1.88. The predicted molar refractivity (Wildman–Crippen MR) is 72.1 cm³/mol. The molecule has 1 atom stereocenters. The van der Waals surface area contributed by atoms with Crippen LogP contribution in [0.25, 0.3) is 0 Å². The number of hydrogen-bond acceptors (Lipinski definition) is 4. The van der Waals surface area contributed by atoms with Crippen LogP contribution in [0.5, 0.6) is 0 Å². The molecule has 3 N–H and O–H groups in total. The van der Waals surface area contributed by atoms with Crippen LogP contribution in [0.2, 0.25) is 0 Å². The highest BCUT2D eigenvalue weighted by molar-refractivity contribution is 5.85. The summed E-state index contributed by atoms with van der Waals surface area (Å²) in [5.41, 5.74) is 6.13. The van der Waals surface area contributed by atoms with Crippen molar-refractivity contribution in [2.75, 3.05) is 6.54 Å². The Morgan fingerprint density at radius 3 is 2.42 bits per heavy atom. The van der Waals surface area contributed by atoms with Gasteiger partial charge in [-0.3, -0.25) is 4.79 Å². The zero-order chi connectivity index (χ0) is 14.3. The van der Waals surface area contributed by atoms with Crippen LogP contribution in [0, 0.1) is 5.92 Å². The molecule has 5 heteroatoms. The summed E-state index contributed by atoms with van der Waals surface area (Å²) in [6.45, 7) is 3.73. The van der Waals surface area contributed by atoms with Gasteiger partial charge >= 0.3 is 5.97 Å². The molecule has 0 spiro atoms. The molecule has 0 aromatic heterocycles. The van der Waals surface area contributed by atoms with Gasteiger partial charge in [0, 0.05) is 0 Å². The van der Waals surface area contributed by atoms with Gasteiger partial charge in [0.15, 0.2) is 0 Å². The fourth-order valence-electron chi connectivity index (χ4n) is 1.55. The van der Waals surface area contributed by atoms with Crippen molar-refractivity contribution in [3.63, 3.8) is 0 Å². The van der Waals surface area contributed by atoms with Crippen LogP contribution >= 0.6 is 0 Å². The molecule has 1 aromatic rings. The van der Waals surface area contributed by atoms with Crippen molar-refractivity contribution in [2.45, 2.75) is 26.5 Å². The number of hydrogen-bond donors (Lipinski definition) is 2. The fourth-order valence-corrected chi connectivity index (χ4v) is 1.55. The maximum Gasteiger partial charge on any atom is 0.329 e. The molecule has 0 saturated carbocycles. The minimum atomic E-state index is -0.667. The molecule has 0 bridgehead atoms. The van der Waals surface area contributed by atoms with E-state index in [2.05, 4.69) is 5.32 Å². The largest absolute Gasteiger partial charge is 0.459 e. The van der Waals surface area contributed by atoms with Gasteiger partial charge in [-0.25, -0.2) is 4.79 Å². The fraction of sp³-hybridized carbons (Fsp3) is 0.429. The van der Waals surface area contributed by atoms with Crippen molar-refractivity contribution in [2.24, 2.45) is 11.7 Å². The van der Waals surface area contributed by atoms with E-state index in [1.807, 2.05) is 44.2 Å². The Morgan fingerprint density at radius 2 is 1.89 bits per heavy atom. The number of carbonyl (C=O) groups is 2. The van der Waals surface area contributed by atoms with E-state index in [1.165, 1.54) is 0 Å². The van der Waals surface area contributed by atoms with Crippen LogP contribution in [0.3, 0.4) is 0 Å². The number of ether oxygens (including phenoxy) is 1. The average molecular weight is 264 g/mol. The van der Waals surface area contributed by atoms with Gasteiger partial charge in [-0.05, 0) is 11.5 Å². The van der Waals surface area contributed by atoms with Gasteiger partial charge in [0.25, 0.3) is 0 Å². The lowest BCUT2D eigenvalue weighted by molar-refractivity contribution is -0.150. The molecular formula is C14H20N2O3. The molecule has 5 nitrogen and oxygen atoms in total. The molecule has 1 rings (SSSR count). The second-order valence-electron chi connectivity index (χ2n) is 4.59. The van der Waals surface area contributed by atoms with E-state index < -0.39 is 12.0 Å². The summed E-state index contributed by atoms with van der Waals surface area (Å²) in [7, 11) is 0. The number of nitrogens with two attached hydrogens (primary N) is 1. The summed E-state index contributed by atoms with van der Waals surface area (Å²) in [6, 6.07) is 8.72. The smallest absolute Gasteiger partial charge is 0.329 e. The Kier molecular flexibility index (Phi) is 6.02. The number of amides is 1. The summed E-state index contributed by atoms with van der Waals surface area (Å²) in [4.78, 5) is 23.2. The number of benzene rings is 1. The minimum absolute atomic E-state index is 0.0567. The molecular weight excluding hydrogens is 244 g/mol. The first-order valence-corrected chi connectivity index (χ1v) is 6.24. The third-order valence-corrected chi connectivity index (χ3v) is 2.65. The van der Waals surface area contributed by atoms with Gasteiger partial charge in [-0.15, -0.1) is 0 Å². The van der Waals surface area contributed by atoms with Crippen LogP contribution in [0.15, 0.2) is 30.3 Å². The van der Waals surface area contributed by atoms with Crippen LogP contribution < -0.4 is 11.1 Å². The van der Waals surface area contributed by atoms with Gasteiger partial charge < -0.3 is 15.8 Å². The lowest BCUT2D eigenvalue weighted by atomic mass is 10.0. The van der Waals surface area contributed by atoms with Crippen molar-refractivity contribution in [1.82, 2.24) is 5.32 Å². The molecule has 1 amide bonds. The second kappa shape index (κ2) is 7.53. The monoisotopic (exact) mass is 264 g/mol. The van der Waals surface area contributed by atoms with E-state index in [-0.39, 0.29) is 25.0 Å². The van der Waals surface area contributed by atoms with Crippen molar-refractivity contribution in [3.8, 4) is 0 Å². The highest BCUT2D eigenvalue weighted by Gasteiger charge is 2.25. The van der Waals surface area contributed by atoms with E-state index in [4.69, 9.17) is 10.5 Å². The van der Waals surface area contributed by atoms with Crippen molar-refractivity contribution in [3.05, 3.63) is 35.9 Å². The van der Waals surface area contributed by atoms with Crippen LogP contribution in [-0.4, -0.2) is 24.5 Å². The lowest BCUT2D eigenvalue weighted by Gasteiger charge is -2.20. The van der Waals surface area contributed by atoms with Gasteiger partial charge in [0.2, 0.25) is 5.91 Å². The molecule has 0 fully saturated rings. The Bertz CT molecular complexity index is 418. The highest BCUT2D eigenvalue weighted by atomic mass is 16.5. The SMILES string of the molecule is CC(C)[C@H](NC(=O)CN)C(=O)OCc1ccccc1. The molecule has 104 valence electrons. The Morgan fingerprint density at radius 1 is 1.26 bits per heavy atom. The molecule has 0 saturated heterocycles. The number of esters is 1. The third-order valence-electron chi connectivity index (χ3n) is 2.65. The molecule has 0 heterocycles. The minimum Gasteiger partial charge on any atom is -0.459 e. The summed E-state index contributed by atoms with van der Waals surface area (Å²) in [5.74, 6) is -0.866. The second-order valence-corrected chi connectivity index (χ2v) is 4.59. The van der Waals surface area contributed by atoms with Crippen molar-refractivity contribution < 1.29 is 14.3 Å². The van der Waals surface area contributed by atoms with Gasteiger partial charge in [-0.1, -0.05) is 44.2 Å². The average Bonchev–Trinajstić information content (AvgIpc) is 2.42. The van der Waals surface area contributed by atoms with E-state index in [9.17, 15) is 9.59 Å². The van der Waals surface area contributed by atoms with E-state index >= 15 is 0 Å². The number of carbonyl (C=O) groups excluding carboxylic acids is 2. The summed E-state index contributed by atoms with van der Waals surface area (Å²) in [6.07, 6.45) is 0. The van der Waals surface area contributed by atoms with Crippen molar-refractivity contribution in [1.29, 1.82) is 0 Å². The molecule has 19 heavy (non-hydrogen) atoms. The first-order chi connectivity index (χ1) is 9.04. The molecule has 0 radical (unpaired) electrons. The topological polar surface area (TPSA) is 81.4 Å². The maximum absolute atomic E-state index is 11.9. The highest BCUT2D eigenvalue weighted by Crippen LogP contribution is 2.07. The van der Waals surface area contributed by atoms with Crippen LogP contribution in [0.1, 0.15) is 19.4 Å². The predicted octanol–water partition coefficient (Wildman–Crippen LogP) is 0.829. The van der Waals surface area contributed by atoms with Crippen molar-refractivity contribution >= 4 is 11.9 Å². The normalized spacial score (nSPS) is 12.0. The maximum atomic E-state index is 11.9. The van der Waals surface area contributed by atoms with Gasteiger partial charge in [0.1, 0.15) is 12.6 Å². The van der Waals surface area contributed by atoms with E-state index in [1.54, 1.807) is 0 Å². The first-order valence-electron chi connectivity index (χ1n) is 6.24. The summed E-state index contributed by atoms with van der Waals surface area (Å²) in [5, 5.41) is 2.56. The van der Waals surface area contributed by atoms with Crippen LogP contribution in [0.4, 0.5) is 0 Å². The Balaban J connectivity index is 2.55. The summed E-state index contributed by atoms with van der Waals surface area (Å²) < 4.78 is 5.20. The van der Waals surface area contributed by atoms with Crippen LogP contribution in [-0.2, 0) is 20.9 Å². The Labute approximate surface area is 113 Å². The molecule has 0 aliphatic rings. The number of nitrogens with one attached hydrogen (secondary N) is 1. The summed E-state index contributed by atoms with van der Waals surface area (Å²) >= 11 is 0. The zero-order valence-corrected chi connectivity index (χ0v) is 11.3. The molecule has 0 aliphatic heterocycles. The zero-order valence-electron chi connectivity index (χ0n) is 11.3. The number of rotatable bonds is 6. The lowest BCUT2D eigenvalue weighted by Crippen LogP contribution is -2.47. The standard InChI is InChI=1S/C14H20N2O3/c1-10(2)13(16-12(17)8-15)14(18)19-9-11-6-4-3-5-7-11/h3-7,10,13H,8-9,15H2,1-2H3,(H,16,17)/t13-/m0/s1. The first kappa shape index (κ1) is 15.2. The molecule has 0 aliphatic carbocycles. The third kappa shape index (κ3) is 5.09. The quantitative estimate of drug-likeness (QED) is 0.746. The van der Waals surface area contributed by atoms with Gasteiger partial charge in [0.05, 0.1) is 6.54 Å². The molecule has 1 aromatic carbocycles. The molecule has 0 unspecified atom stereocenters.